The number of benzene rings is 1. The average Bonchev–Trinajstić information content (AvgIpc) is 3.09. The van der Waals surface area contributed by atoms with Crippen molar-refractivity contribution in [3.05, 3.63) is 46.7 Å². The predicted molar refractivity (Wildman–Crippen MR) is 92.7 cm³/mol. The first kappa shape index (κ1) is 16.8. The smallest absolute Gasteiger partial charge is 0.317 e. The molecule has 1 fully saturated rings. The molecule has 24 heavy (non-hydrogen) atoms. The Morgan fingerprint density at radius 3 is 3.08 bits per heavy atom. The molecule has 1 aliphatic heterocycles. The summed E-state index contributed by atoms with van der Waals surface area (Å²) in [5.74, 6) is 0.420. The molecule has 128 valence electrons. The van der Waals surface area contributed by atoms with Crippen molar-refractivity contribution in [2.45, 2.75) is 32.9 Å². The van der Waals surface area contributed by atoms with Crippen LogP contribution in [0.1, 0.15) is 24.0 Å². The number of rotatable bonds is 4. The zero-order chi connectivity index (χ0) is 16.9. The van der Waals surface area contributed by atoms with Crippen molar-refractivity contribution < 1.29 is 4.79 Å². The minimum absolute atomic E-state index is 0.00843. The monoisotopic (exact) mass is 347 g/mol. The van der Waals surface area contributed by atoms with Gasteiger partial charge >= 0.3 is 6.03 Å². The second-order valence-corrected chi connectivity index (χ2v) is 6.73. The van der Waals surface area contributed by atoms with Crippen LogP contribution in [-0.2, 0) is 13.1 Å². The summed E-state index contributed by atoms with van der Waals surface area (Å²) < 4.78 is 1.84. The molecule has 0 radical (unpaired) electrons. The van der Waals surface area contributed by atoms with Gasteiger partial charge in [0, 0.05) is 37.4 Å². The number of aromatic nitrogens is 3. The van der Waals surface area contributed by atoms with Crippen LogP contribution in [0.15, 0.2) is 30.6 Å². The molecule has 2 aromatic rings. The van der Waals surface area contributed by atoms with Gasteiger partial charge in [-0.3, -0.25) is 4.68 Å². The highest BCUT2D eigenvalue weighted by Gasteiger charge is 2.24. The van der Waals surface area contributed by atoms with Gasteiger partial charge in [0.2, 0.25) is 0 Å². The van der Waals surface area contributed by atoms with Crippen molar-refractivity contribution in [1.82, 2.24) is 25.2 Å². The van der Waals surface area contributed by atoms with E-state index in [4.69, 9.17) is 11.6 Å². The molecule has 0 spiro atoms. The summed E-state index contributed by atoms with van der Waals surface area (Å²) >= 11 is 6.03. The molecule has 0 aliphatic carbocycles. The van der Waals surface area contributed by atoms with E-state index in [1.165, 1.54) is 0 Å². The first-order chi connectivity index (χ1) is 11.6. The lowest BCUT2D eigenvalue weighted by Gasteiger charge is -2.32. The van der Waals surface area contributed by atoms with E-state index < -0.39 is 0 Å². The zero-order valence-electron chi connectivity index (χ0n) is 13.8. The van der Waals surface area contributed by atoms with Crippen LogP contribution in [-0.4, -0.2) is 39.0 Å². The fourth-order valence-corrected chi connectivity index (χ4v) is 3.22. The normalized spacial score (nSPS) is 17.8. The van der Waals surface area contributed by atoms with E-state index in [-0.39, 0.29) is 6.03 Å². The van der Waals surface area contributed by atoms with Gasteiger partial charge in [0.05, 0.1) is 6.20 Å². The lowest BCUT2D eigenvalue weighted by Crippen LogP contribution is -2.46. The molecule has 1 atom stereocenters. The average molecular weight is 348 g/mol. The highest BCUT2D eigenvalue weighted by atomic mass is 35.5. The Labute approximate surface area is 146 Å². The number of halogens is 1. The summed E-state index contributed by atoms with van der Waals surface area (Å²) in [4.78, 5) is 14.3. The standard InChI is InChI=1S/C17H22ClN5O/c1-13-9-14(4-5-16(13)18)10-19-17(24)22-7-2-3-15(11-22)12-23-8-6-20-21-23/h4-6,8-9,15H,2-3,7,10-12H2,1H3,(H,19,24)/t15-/m0/s1. The lowest BCUT2D eigenvalue weighted by molar-refractivity contribution is 0.157. The molecule has 1 N–H and O–H groups in total. The van der Waals surface area contributed by atoms with Crippen LogP contribution in [0.2, 0.25) is 5.02 Å². The van der Waals surface area contributed by atoms with Crippen molar-refractivity contribution in [2.75, 3.05) is 13.1 Å². The quantitative estimate of drug-likeness (QED) is 0.925. The SMILES string of the molecule is Cc1cc(CNC(=O)N2CCC[C@H](Cn3ccnn3)C2)ccc1Cl. The molecule has 1 saturated heterocycles. The van der Waals surface area contributed by atoms with Crippen LogP contribution in [0, 0.1) is 12.8 Å². The predicted octanol–water partition coefficient (Wildman–Crippen LogP) is 2.86. The van der Waals surface area contributed by atoms with Crippen LogP contribution >= 0.6 is 11.6 Å². The van der Waals surface area contributed by atoms with E-state index in [1.807, 2.05) is 40.9 Å². The topological polar surface area (TPSA) is 63.1 Å². The second-order valence-electron chi connectivity index (χ2n) is 6.32. The van der Waals surface area contributed by atoms with Gasteiger partial charge < -0.3 is 10.2 Å². The third kappa shape index (κ3) is 4.26. The fraction of sp³-hybridized carbons (Fsp3) is 0.471. The van der Waals surface area contributed by atoms with Crippen molar-refractivity contribution in [2.24, 2.45) is 5.92 Å². The number of carbonyl (C=O) groups is 1. The van der Waals surface area contributed by atoms with Gasteiger partial charge in [-0.05, 0) is 42.9 Å². The van der Waals surface area contributed by atoms with E-state index in [0.717, 1.165) is 48.6 Å². The summed E-state index contributed by atoms with van der Waals surface area (Å²) in [5, 5.41) is 11.6. The summed E-state index contributed by atoms with van der Waals surface area (Å²) in [6.07, 6.45) is 5.68. The summed E-state index contributed by atoms with van der Waals surface area (Å²) in [5.41, 5.74) is 2.08. The van der Waals surface area contributed by atoms with Crippen molar-refractivity contribution in [3.8, 4) is 0 Å². The Kier molecular flexibility index (Phi) is 5.35. The number of nitrogens with zero attached hydrogens (tertiary/aromatic N) is 4. The number of hydrogen-bond donors (Lipinski definition) is 1. The summed E-state index contributed by atoms with van der Waals surface area (Å²) in [7, 11) is 0. The number of carbonyl (C=O) groups excluding carboxylic acids is 1. The highest BCUT2D eigenvalue weighted by Crippen LogP contribution is 2.19. The molecule has 0 saturated carbocycles. The van der Waals surface area contributed by atoms with E-state index in [2.05, 4.69) is 15.6 Å². The molecular formula is C17H22ClN5O. The highest BCUT2D eigenvalue weighted by molar-refractivity contribution is 6.31. The molecule has 0 bridgehead atoms. The number of aryl methyl sites for hydroxylation is 1. The van der Waals surface area contributed by atoms with E-state index in [0.29, 0.717) is 12.5 Å². The molecule has 7 heteroatoms. The maximum absolute atomic E-state index is 12.4. The Hall–Kier alpha value is -2.08. The number of urea groups is 1. The van der Waals surface area contributed by atoms with Crippen molar-refractivity contribution in [1.29, 1.82) is 0 Å². The number of nitrogens with one attached hydrogen (secondary N) is 1. The lowest BCUT2D eigenvalue weighted by atomic mass is 9.98. The molecular weight excluding hydrogens is 326 g/mol. The molecule has 1 aliphatic rings. The first-order valence-electron chi connectivity index (χ1n) is 8.24. The number of piperidine rings is 1. The Morgan fingerprint density at radius 1 is 1.46 bits per heavy atom. The first-order valence-corrected chi connectivity index (χ1v) is 8.61. The molecule has 2 heterocycles. The number of amides is 2. The minimum Gasteiger partial charge on any atom is -0.334 e. The molecule has 1 aromatic carbocycles. The van der Waals surface area contributed by atoms with Gasteiger partial charge in [-0.25, -0.2) is 4.79 Å². The van der Waals surface area contributed by atoms with Crippen molar-refractivity contribution >= 4 is 17.6 Å². The Bertz CT molecular complexity index is 688. The van der Waals surface area contributed by atoms with Gasteiger partial charge in [-0.15, -0.1) is 5.10 Å². The Morgan fingerprint density at radius 2 is 2.33 bits per heavy atom. The minimum atomic E-state index is -0.00843. The van der Waals surface area contributed by atoms with Gasteiger partial charge in [0.25, 0.3) is 0 Å². The molecule has 3 rings (SSSR count). The van der Waals surface area contributed by atoms with Crippen molar-refractivity contribution in [3.63, 3.8) is 0 Å². The Balaban J connectivity index is 1.51. The molecule has 0 unspecified atom stereocenters. The zero-order valence-corrected chi connectivity index (χ0v) is 14.5. The molecule has 2 amide bonds. The summed E-state index contributed by atoms with van der Waals surface area (Å²) in [6.45, 7) is 4.85. The van der Waals surface area contributed by atoms with Crippen LogP contribution < -0.4 is 5.32 Å². The van der Waals surface area contributed by atoms with E-state index in [1.54, 1.807) is 6.20 Å². The van der Waals surface area contributed by atoms with Crippen LogP contribution in [0.4, 0.5) is 4.79 Å². The van der Waals surface area contributed by atoms with Crippen LogP contribution in [0.5, 0.6) is 0 Å². The second kappa shape index (κ2) is 7.66. The molecule has 1 aromatic heterocycles. The maximum atomic E-state index is 12.4. The van der Waals surface area contributed by atoms with Gasteiger partial charge in [0.1, 0.15) is 0 Å². The largest absolute Gasteiger partial charge is 0.334 e. The van der Waals surface area contributed by atoms with Gasteiger partial charge in [0.15, 0.2) is 0 Å². The third-order valence-electron chi connectivity index (χ3n) is 4.39. The molecule has 6 nitrogen and oxygen atoms in total. The maximum Gasteiger partial charge on any atom is 0.317 e. The number of hydrogen-bond acceptors (Lipinski definition) is 3. The van der Waals surface area contributed by atoms with E-state index in [9.17, 15) is 4.79 Å². The van der Waals surface area contributed by atoms with Crippen LogP contribution in [0.3, 0.4) is 0 Å². The van der Waals surface area contributed by atoms with Crippen LogP contribution in [0.25, 0.3) is 0 Å². The van der Waals surface area contributed by atoms with Gasteiger partial charge in [-0.2, -0.15) is 0 Å². The fourth-order valence-electron chi connectivity index (χ4n) is 3.10. The third-order valence-corrected chi connectivity index (χ3v) is 4.81. The number of likely N-dealkylation sites (tertiary alicyclic amines) is 1. The van der Waals surface area contributed by atoms with Gasteiger partial charge in [-0.1, -0.05) is 28.9 Å². The van der Waals surface area contributed by atoms with E-state index >= 15 is 0 Å². The summed E-state index contributed by atoms with van der Waals surface area (Å²) in [6, 6.07) is 5.81.